The third-order valence-electron chi connectivity index (χ3n) is 4.98. The number of halogens is 1. The summed E-state index contributed by atoms with van der Waals surface area (Å²) in [7, 11) is 3.56. The molecule has 1 aliphatic heterocycles. The van der Waals surface area contributed by atoms with Crippen LogP contribution in [0.3, 0.4) is 0 Å². The first-order valence-electron chi connectivity index (χ1n) is 10.2. The Kier molecular flexibility index (Phi) is 13.3. The Hall–Kier alpha value is -1.06. The molecule has 1 saturated heterocycles. The Balaban J connectivity index is 0.00000392. The number of benzene rings is 1. The first-order chi connectivity index (χ1) is 13.3. The molecule has 6 nitrogen and oxygen atoms in total. The molecule has 7 heteroatoms. The van der Waals surface area contributed by atoms with Crippen molar-refractivity contribution >= 4 is 29.9 Å². The van der Waals surface area contributed by atoms with Gasteiger partial charge in [0.2, 0.25) is 0 Å². The summed E-state index contributed by atoms with van der Waals surface area (Å²) in [6, 6.07) is 8.62. The zero-order valence-corrected chi connectivity index (χ0v) is 19.9. The van der Waals surface area contributed by atoms with Crippen LogP contribution < -0.4 is 15.4 Å². The van der Waals surface area contributed by atoms with E-state index in [-0.39, 0.29) is 30.0 Å². The second kappa shape index (κ2) is 14.9. The van der Waals surface area contributed by atoms with Crippen LogP contribution in [0.2, 0.25) is 0 Å². The van der Waals surface area contributed by atoms with E-state index >= 15 is 0 Å². The minimum atomic E-state index is 0. The van der Waals surface area contributed by atoms with Crippen LogP contribution in [0.25, 0.3) is 0 Å². The van der Waals surface area contributed by atoms with Gasteiger partial charge in [-0.15, -0.1) is 24.0 Å². The van der Waals surface area contributed by atoms with Crippen LogP contribution in [-0.2, 0) is 4.74 Å². The Morgan fingerprint density at radius 2 is 1.93 bits per heavy atom. The first-order valence-corrected chi connectivity index (χ1v) is 10.2. The van der Waals surface area contributed by atoms with Gasteiger partial charge in [0, 0.05) is 38.9 Å². The van der Waals surface area contributed by atoms with Gasteiger partial charge in [-0.3, -0.25) is 9.89 Å². The van der Waals surface area contributed by atoms with E-state index in [1.165, 1.54) is 24.8 Å². The summed E-state index contributed by atoms with van der Waals surface area (Å²) in [5, 5.41) is 6.88. The van der Waals surface area contributed by atoms with Crippen molar-refractivity contribution in [1.29, 1.82) is 0 Å². The lowest BCUT2D eigenvalue weighted by Crippen LogP contribution is -2.44. The molecule has 2 rings (SSSR count). The highest BCUT2D eigenvalue weighted by Gasteiger charge is 2.25. The van der Waals surface area contributed by atoms with E-state index in [4.69, 9.17) is 9.47 Å². The Morgan fingerprint density at radius 1 is 1.18 bits per heavy atom. The molecule has 0 bridgehead atoms. The number of nitrogens with one attached hydrogen (secondary N) is 2. The fourth-order valence-electron chi connectivity index (χ4n) is 3.55. The number of guanidine groups is 1. The van der Waals surface area contributed by atoms with Crippen LogP contribution in [-0.4, -0.2) is 64.4 Å². The van der Waals surface area contributed by atoms with Gasteiger partial charge in [-0.05, 0) is 45.3 Å². The van der Waals surface area contributed by atoms with Crippen molar-refractivity contribution in [2.45, 2.75) is 38.6 Å². The molecule has 28 heavy (non-hydrogen) atoms. The van der Waals surface area contributed by atoms with Crippen molar-refractivity contribution in [3.05, 3.63) is 29.8 Å². The van der Waals surface area contributed by atoms with E-state index in [0.29, 0.717) is 0 Å². The van der Waals surface area contributed by atoms with E-state index in [0.717, 1.165) is 57.5 Å². The number of rotatable bonds is 10. The van der Waals surface area contributed by atoms with Crippen molar-refractivity contribution in [2.24, 2.45) is 4.99 Å². The fourth-order valence-corrected chi connectivity index (χ4v) is 3.55. The summed E-state index contributed by atoms with van der Waals surface area (Å²) >= 11 is 0. The number of methoxy groups -OCH3 is 1. The number of hydrogen-bond acceptors (Lipinski definition) is 4. The lowest BCUT2D eigenvalue weighted by molar-refractivity contribution is 0.145. The number of ether oxygens (including phenoxy) is 2. The lowest BCUT2D eigenvalue weighted by Gasteiger charge is -2.35. The van der Waals surface area contributed by atoms with Crippen molar-refractivity contribution in [1.82, 2.24) is 15.5 Å². The van der Waals surface area contributed by atoms with Crippen LogP contribution in [0.1, 0.15) is 44.2 Å². The van der Waals surface area contributed by atoms with Gasteiger partial charge >= 0.3 is 0 Å². The zero-order chi connectivity index (χ0) is 19.3. The van der Waals surface area contributed by atoms with Gasteiger partial charge in [0.1, 0.15) is 5.75 Å². The molecule has 1 fully saturated rings. The van der Waals surface area contributed by atoms with Gasteiger partial charge in [0.15, 0.2) is 5.96 Å². The monoisotopic (exact) mass is 504 g/mol. The summed E-state index contributed by atoms with van der Waals surface area (Å²) in [5.41, 5.74) is 1.24. The highest BCUT2D eigenvalue weighted by molar-refractivity contribution is 14.0. The second-order valence-electron chi connectivity index (χ2n) is 6.78. The number of aliphatic imine (C=N–C) groups is 1. The lowest BCUT2D eigenvalue weighted by atomic mass is 10.0. The maximum atomic E-state index is 5.64. The van der Waals surface area contributed by atoms with E-state index in [9.17, 15) is 0 Å². The molecule has 1 aromatic carbocycles. The maximum absolute atomic E-state index is 5.64. The van der Waals surface area contributed by atoms with Crippen LogP contribution >= 0.6 is 24.0 Å². The fraction of sp³-hybridized carbons (Fsp3) is 0.667. The zero-order valence-electron chi connectivity index (χ0n) is 17.6. The maximum Gasteiger partial charge on any atom is 0.191 e. The Labute approximate surface area is 187 Å². The van der Waals surface area contributed by atoms with Gasteiger partial charge in [-0.2, -0.15) is 0 Å². The Morgan fingerprint density at radius 3 is 2.61 bits per heavy atom. The van der Waals surface area contributed by atoms with Crippen LogP contribution in [0.5, 0.6) is 5.75 Å². The topological polar surface area (TPSA) is 58.1 Å². The molecule has 0 saturated carbocycles. The number of piperidine rings is 1. The smallest absolute Gasteiger partial charge is 0.191 e. The van der Waals surface area contributed by atoms with Gasteiger partial charge in [0.05, 0.1) is 13.2 Å². The van der Waals surface area contributed by atoms with E-state index in [2.05, 4.69) is 32.7 Å². The SMILES string of the molecule is CCOCCCNC(=NC)NCC(c1ccccc1OC)N1CCCCC1.I. The predicted octanol–water partition coefficient (Wildman–Crippen LogP) is 3.43. The minimum Gasteiger partial charge on any atom is -0.496 e. The molecule has 0 radical (unpaired) electrons. The molecule has 1 aromatic rings. The third-order valence-corrected chi connectivity index (χ3v) is 4.98. The summed E-state index contributed by atoms with van der Waals surface area (Å²) in [6.07, 6.45) is 4.81. The molecule has 2 N–H and O–H groups in total. The second-order valence-corrected chi connectivity index (χ2v) is 6.78. The predicted molar refractivity (Wildman–Crippen MR) is 127 cm³/mol. The van der Waals surface area contributed by atoms with Gasteiger partial charge in [-0.1, -0.05) is 24.6 Å². The van der Waals surface area contributed by atoms with Crippen molar-refractivity contribution < 1.29 is 9.47 Å². The highest BCUT2D eigenvalue weighted by Crippen LogP contribution is 2.30. The first kappa shape index (κ1) is 25.0. The molecule has 0 aromatic heterocycles. The third kappa shape index (κ3) is 8.13. The molecule has 0 aliphatic carbocycles. The Bertz CT molecular complexity index is 565. The molecule has 0 spiro atoms. The molecule has 0 amide bonds. The van der Waals surface area contributed by atoms with Crippen molar-refractivity contribution in [3.8, 4) is 5.75 Å². The number of nitrogens with zero attached hydrogens (tertiary/aromatic N) is 2. The summed E-state index contributed by atoms with van der Waals surface area (Å²) < 4.78 is 11.0. The van der Waals surface area contributed by atoms with Gasteiger partial charge < -0.3 is 20.1 Å². The highest BCUT2D eigenvalue weighted by atomic mass is 127. The summed E-state index contributed by atoms with van der Waals surface area (Å²) in [6.45, 7) is 7.47. The van der Waals surface area contributed by atoms with Crippen LogP contribution in [0.4, 0.5) is 0 Å². The number of hydrogen-bond donors (Lipinski definition) is 2. The molecule has 1 heterocycles. The normalized spacial score (nSPS) is 16.2. The average molecular weight is 504 g/mol. The molecule has 160 valence electrons. The number of likely N-dealkylation sites (tertiary alicyclic amines) is 1. The van der Waals surface area contributed by atoms with Crippen LogP contribution in [0, 0.1) is 0 Å². The van der Waals surface area contributed by atoms with E-state index < -0.39 is 0 Å². The van der Waals surface area contributed by atoms with Crippen LogP contribution in [0.15, 0.2) is 29.3 Å². The van der Waals surface area contributed by atoms with E-state index in [1.54, 1.807) is 7.11 Å². The van der Waals surface area contributed by atoms with Crippen molar-refractivity contribution in [2.75, 3.05) is 53.6 Å². The van der Waals surface area contributed by atoms with E-state index in [1.807, 2.05) is 26.1 Å². The largest absolute Gasteiger partial charge is 0.496 e. The summed E-state index contributed by atoms with van der Waals surface area (Å²) in [5.74, 6) is 1.79. The molecular formula is C21H37IN4O2. The van der Waals surface area contributed by atoms with Gasteiger partial charge in [-0.25, -0.2) is 0 Å². The standard InChI is InChI=1S/C21H36N4O2.HI/c1-4-27-16-10-13-23-21(22-2)24-17-19(25-14-8-5-9-15-25)18-11-6-7-12-20(18)26-3;/h6-7,11-12,19H,4-5,8-10,13-17H2,1-3H3,(H2,22,23,24);1H. The molecular weight excluding hydrogens is 467 g/mol. The summed E-state index contributed by atoms with van der Waals surface area (Å²) in [4.78, 5) is 6.93. The molecule has 1 aliphatic rings. The van der Waals surface area contributed by atoms with Gasteiger partial charge in [0.25, 0.3) is 0 Å². The quantitative estimate of drug-likeness (QED) is 0.221. The average Bonchev–Trinajstić information content (AvgIpc) is 2.73. The molecule has 1 atom stereocenters. The number of para-hydroxylation sites is 1. The van der Waals surface area contributed by atoms with Crippen molar-refractivity contribution in [3.63, 3.8) is 0 Å². The minimum absolute atomic E-state index is 0. The molecule has 1 unspecified atom stereocenters.